The second kappa shape index (κ2) is 10.5. The van der Waals surface area contributed by atoms with Crippen LogP contribution in [0.5, 0.6) is 0 Å². The number of halogens is 1. The van der Waals surface area contributed by atoms with Crippen molar-refractivity contribution >= 4 is 28.3 Å². The van der Waals surface area contributed by atoms with Crippen molar-refractivity contribution in [3.63, 3.8) is 0 Å². The van der Waals surface area contributed by atoms with Gasteiger partial charge in [-0.05, 0) is 62.0 Å². The Bertz CT molecular complexity index is 1490. The molecule has 6 rings (SSSR count). The highest BCUT2D eigenvalue weighted by Gasteiger charge is 2.31. The fourth-order valence-corrected chi connectivity index (χ4v) is 5.95. The second-order valence-corrected chi connectivity index (χ2v) is 10.8. The number of likely N-dealkylation sites (tertiary alicyclic amines) is 1. The number of imidazole rings is 1. The molecule has 5 N–H and O–H groups in total. The number of nitrogens with two attached hydrogens (primary N) is 1. The maximum atomic E-state index is 12.9. The van der Waals surface area contributed by atoms with Gasteiger partial charge in [0.1, 0.15) is 17.6 Å². The number of hydrogen-bond donors (Lipinski definition) is 4. The maximum absolute atomic E-state index is 12.9. The van der Waals surface area contributed by atoms with E-state index in [0.717, 1.165) is 55.6 Å². The Morgan fingerprint density at radius 3 is 2.87 bits per heavy atom. The molecule has 2 saturated heterocycles. The highest BCUT2D eigenvalue weighted by molar-refractivity contribution is 6.30. The number of nitrogens with one attached hydrogen (secondary N) is 3. The Hall–Kier alpha value is -3.18. The predicted octanol–water partition coefficient (Wildman–Crippen LogP) is 3.44. The summed E-state index contributed by atoms with van der Waals surface area (Å²) < 4.78 is 7.34. The molecule has 4 aromatic rings. The summed E-state index contributed by atoms with van der Waals surface area (Å²) in [5, 5.41) is 8.15. The van der Waals surface area contributed by atoms with Gasteiger partial charge >= 0.3 is 0 Å². The van der Waals surface area contributed by atoms with Crippen LogP contribution in [0.25, 0.3) is 22.4 Å². The van der Waals surface area contributed by atoms with Crippen LogP contribution in [-0.4, -0.2) is 68.1 Å². The SMILES string of the molecule is Cc1cc(C2CCN(C3CO[C@@H](N)C3)CC2)cc2[nH]c(-c3c(NCCn4cc(Cl)cn4)cc[nH]c3=O)nc12. The highest BCUT2D eigenvalue weighted by Crippen LogP contribution is 2.34. The smallest absolute Gasteiger partial charge is 0.261 e. The van der Waals surface area contributed by atoms with Gasteiger partial charge in [-0.15, -0.1) is 0 Å². The van der Waals surface area contributed by atoms with Crippen LogP contribution >= 0.6 is 11.6 Å². The molecule has 38 heavy (non-hydrogen) atoms. The average molecular weight is 537 g/mol. The minimum Gasteiger partial charge on any atom is -0.382 e. The van der Waals surface area contributed by atoms with Crippen molar-refractivity contribution in [1.82, 2.24) is 29.6 Å². The first-order valence-corrected chi connectivity index (χ1v) is 13.6. The summed E-state index contributed by atoms with van der Waals surface area (Å²) >= 11 is 5.96. The molecule has 2 aliphatic heterocycles. The Labute approximate surface area is 225 Å². The van der Waals surface area contributed by atoms with E-state index in [1.165, 1.54) is 5.56 Å². The molecule has 2 atom stereocenters. The third-order valence-electron chi connectivity index (χ3n) is 7.78. The fraction of sp³-hybridized carbons (Fsp3) is 0.444. The van der Waals surface area contributed by atoms with Gasteiger partial charge in [-0.3, -0.25) is 14.4 Å². The Morgan fingerprint density at radius 1 is 1.29 bits per heavy atom. The van der Waals surface area contributed by atoms with Crippen LogP contribution in [0.3, 0.4) is 0 Å². The van der Waals surface area contributed by atoms with E-state index in [1.807, 2.05) is 6.07 Å². The van der Waals surface area contributed by atoms with Crippen molar-refractivity contribution < 1.29 is 4.74 Å². The third kappa shape index (κ3) is 5.09. The van der Waals surface area contributed by atoms with Crippen LogP contribution in [0, 0.1) is 6.92 Å². The third-order valence-corrected chi connectivity index (χ3v) is 7.97. The maximum Gasteiger partial charge on any atom is 0.261 e. The Kier molecular flexibility index (Phi) is 6.96. The van der Waals surface area contributed by atoms with Gasteiger partial charge < -0.3 is 25.8 Å². The zero-order valence-corrected chi connectivity index (χ0v) is 22.2. The Balaban J connectivity index is 1.21. The van der Waals surface area contributed by atoms with Crippen molar-refractivity contribution in [1.29, 1.82) is 0 Å². The molecular weight excluding hydrogens is 504 g/mol. The van der Waals surface area contributed by atoms with Crippen LogP contribution in [0.1, 0.15) is 36.3 Å². The van der Waals surface area contributed by atoms with Gasteiger partial charge in [0.2, 0.25) is 0 Å². The van der Waals surface area contributed by atoms with Crippen LogP contribution < -0.4 is 16.6 Å². The van der Waals surface area contributed by atoms with E-state index in [9.17, 15) is 4.79 Å². The molecule has 200 valence electrons. The number of anilines is 1. The first-order valence-electron chi connectivity index (χ1n) is 13.2. The molecule has 10 nitrogen and oxygen atoms in total. The number of fused-ring (bicyclic) bond motifs is 1. The summed E-state index contributed by atoms with van der Waals surface area (Å²) in [5.74, 6) is 1.05. The summed E-state index contributed by atoms with van der Waals surface area (Å²) in [6.45, 7) is 6.12. The minimum atomic E-state index is -0.197. The van der Waals surface area contributed by atoms with E-state index in [2.05, 4.69) is 44.3 Å². The number of aromatic nitrogens is 5. The minimum absolute atomic E-state index is 0.125. The number of benzene rings is 1. The van der Waals surface area contributed by atoms with Crippen molar-refractivity contribution in [3.8, 4) is 11.4 Å². The van der Waals surface area contributed by atoms with Crippen LogP contribution in [0.15, 0.2) is 41.6 Å². The molecule has 1 unspecified atom stereocenters. The van der Waals surface area contributed by atoms with Gasteiger partial charge in [-0.25, -0.2) is 4.98 Å². The Morgan fingerprint density at radius 2 is 2.13 bits per heavy atom. The zero-order chi connectivity index (χ0) is 26.2. The van der Waals surface area contributed by atoms with Crippen LogP contribution in [0.2, 0.25) is 5.02 Å². The molecule has 2 fully saturated rings. The summed E-state index contributed by atoms with van der Waals surface area (Å²) in [7, 11) is 0. The van der Waals surface area contributed by atoms with Gasteiger partial charge in [-0.2, -0.15) is 5.10 Å². The number of H-pyrrole nitrogens is 2. The van der Waals surface area contributed by atoms with Crippen molar-refractivity contribution in [3.05, 3.63) is 63.3 Å². The topological polar surface area (TPSA) is 130 Å². The standard InChI is InChI=1S/C27H33ClN8O2/c1-16-10-18(17-3-7-35(8-4-17)20-12-23(29)38-15-20)11-22-25(16)34-26(33-22)24-21(2-5-31-27(24)37)30-6-9-36-14-19(28)13-32-36/h2,5,10-11,13-14,17,20,23H,3-4,6-9,12,15,29H2,1H3,(H,33,34)(H2,30,31,37)/t20?,23-/m1/s1. The highest BCUT2D eigenvalue weighted by atomic mass is 35.5. The number of hydrogen-bond acceptors (Lipinski definition) is 7. The summed E-state index contributed by atoms with van der Waals surface area (Å²) in [6.07, 6.45) is 8.01. The van der Waals surface area contributed by atoms with Crippen molar-refractivity contribution in [2.45, 2.75) is 50.9 Å². The molecule has 11 heteroatoms. The molecule has 1 aromatic carbocycles. The van der Waals surface area contributed by atoms with Gasteiger partial charge in [0.05, 0.1) is 41.1 Å². The van der Waals surface area contributed by atoms with E-state index in [-0.39, 0.29) is 11.8 Å². The predicted molar refractivity (Wildman–Crippen MR) is 148 cm³/mol. The van der Waals surface area contributed by atoms with Gasteiger partial charge in [0.15, 0.2) is 0 Å². The first-order chi connectivity index (χ1) is 18.4. The first kappa shape index (κ1) is 25.1. The van der Waals surface area contributed by atoms with E-state index in [4.69, 9.17) is 27.1 Å². The quantitative estimate of drug-likeness (QED) is 0.284. The summed E-state index contributed by atoms with van der Waals surface area (Å²) in [5.41, 5.74) is 11.2. The van der Waals surface area contributed by atoms with Crippen molar-refractivity contribution in [2.75, 3.05) is 31.6 Å². The summed E-state index contributed by atoms with van der Waals surface area (Å²) in [6, 6.07) is 6.76. The average Bonchev–Trinajstić information content (AvgIpc) is 3.64. The second-order valence-electron chi connectivity index (χ2n) is 10.3. The number of rotatable bonds is 7. The normalized spacial score (nSPS) is 20.9. The molecule has 0 radical (unpaired) electrons. The molecule has 0 spiro atoms. The molecule has 0 aliphatic carbocycles. The zero-order valence-electron chi connectivity index (χ0n) is 21.4. The van der Waals surface area contributed by atoms with Gasteiger partial charge in [0, 0.05) is 31.4 Å². The lowest BCUT2D eigenvalue weighted by Crippen LogP contribution is -2.41. The summed E-state index contributed by atoms with van der Waals surface area (Å²) in [4.78, 5) is 26.5. The lowest BCUT2D eigenvalue weighted by Gasteiger charge is -2.35. The van der Waals surface area contributed by atoms with Gasteiger partial charge in [-0.1, -0.05) is 17.7 Å². The number of aromatic amines is 2. The van der Waals surface area contributed by atoms with Crippen LogP contribution in [-0.2, 0) is 11.3 Å². The largest absolute Gasteiger partial charge is 0.382 e. The molecule has 2 aliphatic rings. The molecule has 3 aromatic heterocycles. The van der Waals surface area contributed by atoms with E-state index in [1.54, 1.807) is 23.3 Å². The van der Waals surface area contributed by atoms with E-state index < -0.39 is 0 Å². The van der Waals surface area contributed by atoms with Gasteiger partial charge in [0.25, 0.3) is 5.56 Å². The fourth-order valence-electron chi connectivity index (χ4n) is 5.79. The van der Waals surface area contributed by atoms with E-state index in [0.29, 0.717) is 47.1 Å². The van der Waals surface area contributed by atoms with E-state index >= 15 is 0 Å². The lowest BCUT2D eigenvalue weighted by atomic mass is 9.87. The molecule has 5 heterocycles. The number of ether oxygens (including phenoxy) is 1. The number of pyridine rings is 1. The molecular formula is C27H33ClN8O2. The molecule has 0 amide bonds. The monoisotopic (exact) mass is 536 g/mol. The number of aryl methyl sites for hydroxylation is 1. The molecule has 0 saturated carbocycles. The lowest BCUT2D eigenvalue weighted by molar-refractivity contribution is 0.0932. The number of piperidine rings is 1. The number of nitrogens with zero attached hydrogens (tertiary/aromatic N) is 4. The van der Waals surface area contributed by atoms with Crippen molar-refractivity contribution in [2.24, 2.45) is 5.73 Å². The van der Waals surface area contributed by atoms with Crippen LogP contribution in [0.4, 0.5) is 5.69 Å². The molecule has 0 bridgehead atoms.